The molecule has 11 nitrogen and oxygen atoms in total. The lowest BCUT2D eigenvalue weighted by Gasteiger charge is -2.33. The minimum absolute atomic E-state index is 0.128. The number of primary amides is 2. The van der Waals surface area contributed by atoms with Crippen LogP contribution in [0.1, 0.15) is 57.4 Å². The number of H-pyrrole nitrogens is 1. The summed E-state index contributed by atoms with van der Waals surface area (Å²) in [6.07, 6.45) is 1.40. The predicted octanol–water partition coefficient (Wildman–Crippen LogP) is 1.46. The molecule has 39 heavy (non-hydrogen) atoms. The summed E-state index contributed by atoms with van der Waals surface area (Å²) < 4.78 is 0. The fourth-order valence-corrected chi connectivity index (χ4v) is 6.07. The van der Waals surface area contributed by atoms with Crippen molar-refractivity contribution in [2.75, 3.05) is 13.1 Å². The van der Waals surface area contributed by atoms with Crippen LogP contribution >= 0.6 is 0 Å². The monoisotopic (exact) mass is 525 g/mol. The summed E-state index contributed by atoms with van der Waals surface area (Å²) in [5, 5.41) is 28.2. The Morgan fingerprint density at radius 1 is 1.13 bits per heavy atom. The number of nitrogens with zero attached hydrogens (tertiary/aromatic N) is 5. The van der Waals surface area contributed by atoms with E-state index in [1.807, 2.05) is 24.3 Å². The van der Waals surface area contributed by atoms with Crippen LogP contribution in [0, 0.1) is 23.2 Å². The van der Waals surface area contributed by atoms with Crippen LogP contribution < -0.4 is 16.8 Å². The molecule has 1 saturated carbocycles. The number of piperidine rings is 1. The third kappa shape index (κ3) is 4.64. The van der Waals surface area contributed by atoms with Gasteiger partial charge in [0.2, 0.25) is 11.8 Å². The van der Waals surface area contributed by atoms with E-state index in [1.165, 1.54) is 0 Å². The van der Waals surface area contributed by atoms with Gasteiger partial charge in [-0.1, -0.05) is 43.0 Å². The zero-order valence-electron chi connectivity index (χ0n) is 21.7. The number of tetrazole rings is 1. The Labute approximate surface area is 226 Å². The molecule has 2 fully saturated rings. The fourth-order valence-electron chi connectivity index (χ4n) is 6.07. The summed E-state index contributed by atoms with van der Waals surface area (Å²) in [5.74, 6) is 0.540. The second kappa shape index (κ2) is 10.3. The van der Waals surface area contributed by atoms with Crippen molar-refractivity contribution >= 4 is 11.8 Å². The van der Waals surface area contributed by atoms with E-state index in [2.05, 4.69) is 50.4 Å². The quantitative estimate of drug-likeness (QED) is 0.272. The van der Waals surface area contributed by atoms with Crippen LogP contribution in [0.3, 0.4) is 0 Å². The molecular formula is C28H31N9O2. The molecule has 2 aromatic carbocycles. The lowest BCUT2D eigenvalue weighted by Crippen LogP contribution is -2.38. The van der Waals surface area contributed by atoms with Crippen molar-refractivity contribution < 1.29 is 9.59 Å². The van der Waals surface area contributed by atoms with E-state index in [0.29, 0.717) is 54.3 Å². The largest absolute Gasteiger partial charge is 0.366 e. The number of aromatic nitrogens is 4. The molecule has 1 aliphatic heterocycles. The van der Waals surface area contributed by atoms with E-state index >= 15 is 0 Å². The number of nitrogens with one attached hydrogen (secondary N) is 2. The molecule has 1 saturated heterocycles. The van der Waals surface area contributed by atoms with E-state index in [9.17, 15) is 14.9 Å². The van der Waals surface area contributed by atoms with Crippen LogP contribution in [-0.4, -0.2) is 62.5 Å². The van der Waals surface area contributed by atoms with Gasteiger partial charge >= 0.3 is 0 Å². The first-order valence-electron chi connectivity index (χ1n) is 12.9. The van der Waals surface area contributed by atoms with Gasteiger partial charge in [-0.3, -0.25) is 9.59 Å². The first kappa shape index (κ1) is 26.1. The minimum atomic E-state index is -0.882. The summed E-state index contributed by atoms with van der Waals surface area (Å²) >= 11 is 0. The number of carbonyl (C=O) groups is 2. The third-order valence-corrected chi connectivity index (χ3v) is 8.24. The number of benzene rings is 2. The highest BCUT2D eigenvalue weighted by Crippen LogP contribution is 2.54. The highest BCUT2D eigenvalue weighted by molar-refractivity contribution is 5.93. The van der Waals surface area contributed by atoms with Crippen molar-refractivity contribution in [3.8, 4) is 6.07 Å². The Hall–Kier alpha value is -4.56. The molecule has 200 valence electrons. The molecule has 1 aromatic heterocycles. The van der Waals surface area contributed by atoms with Gasteiger partial charge in [0.05, 0.1) is 11.5 Å². The van der Waals surface area contributed by atoms with Gasteiger partial charge in [-0.25, -0.2) is 0 Å². The number of nitrogens with two attached hydrogens (primary N) is 2. The second-order valence-electron chi connectivity index (χ2n) is 10.3. The van der Waals surface area contributed by atoms with Crippen molar-refractivity contribution in [2.24, 2.45) is 23.3 Å². The molecule has 6 N–H and O–H groups in total. The molecule has 0 spiro atoms. The molecule has 2 aliphatic rings. The third-order valence-electron chi connectivity index (χ3n) is 8.24. The summed E-state index contributed by atoms with van der Waals surface area (Å²) in [7, 11) is 0. The summed E-state index contributed by atoms with van der Waals surface area (Å²) in [5.41, 5.74) is 13.4. The van der Waals surface area contributed by atoms with E-state index in [-0.39, 0.29) is 6.04 Å². The number of likely N-dealkylation sites (tertiary alicyclic amines) is 1. The number of rotatable bonds is 11. The maximum absolute atomic E-state index is 11.7. The number of aromatic amines is 1. The van der Waals surface area contributed by atoms with Gasteiger partial charge in [-0.05, 0) is 66.6 Å². The van der Waals surface area contributed by atoms with Gasteiger partial charge in [0.1, 0.15) is 6.04 Å². The zero-order chi connectivity index (χ0) is 27.7. The summed E-state index contributed by atoms with van der Waals surface area (Å²) in [6, 6.07) is 16.7. The highest BCUT2D eigenvalue weighted by atomic mass is 16.1. The van der Waals surface area contributed by atoms with Crippen molar-refractivity contribution in [2.45, 2.75) is 37.3 Å². The van der Waals surface area contributed by atoms with Crippen LogP contribution in [0.5, 0.6) is 0 Å². The Morgan fingerprint density at radius 3 is 2.21 bits per heavy atom. The zero-order valence-corrected chi connectivity index (χ0v) is 21.7. The molecule has 0 bridgehead atoms. The van der Waals surface area contributed by atoms with Gasteiger partial charge in [0.25, 0.3) is 0 Å². The van der Waals surface area contributed by atoms with Crippen LogP contribution in [0.4, 0.5) is 0 Å². The van der Waals surface area contributed by atoms with Crippen molar-refractivity contribution in [1.29, 1.82) is 5.26 Å². The Kier molecular flexibility index (Phi) is 6.89. The van der Waals surface area contributed by atoms with Crippen LogP contribution in [0.15, 0.2) is 60.8 Å². The number of nitriles is 1. The molecule has 0 unspecified atom stereocenters. The lowest BCUT2D eigenvalue weighted by atomic mass is 9.71. The standard InChI is InChI=1S/C28H31N9O2/c1-16(37-22(14-29)13-23-17(2)24(23)37)15-32-12-11-28(27-33-35-36-34-27,20-7-3-18(4-8-20)25(30)38)21-9-5-19(6-10-21)26(31)39/h3-10,17,22-24,32H,1,11-13,15H2,2H3,(H2,30,38)(H2,31,39)(H,33,34,35,36)/t17-,22-,23+,24-/m0/s1. The molecular weight excluding hydrogens is 494 g/mol. The molecule has 4 atom stereocenters. The predicted molar refractivity (Wildman–Crippen MR) is 143 cm³/mol. The molecule has 0 radical (unpaired) electrons. The molecule has 3 aromatic rings. The molecule has 2 heterocycles. The number of amides is 2. The number of carbonyl (C=O) groups excluding carboxylic acids is 2. The fraction of sp³-hybridized carbons (Fsp3) is 0.357. The maximum Gasteiger partial charge on any atom is 0.248 e. The summed E-state index contributed by atoms with van der Waals surface area (Å²) in [6.45, 7) is 7.57. The SMILES string of the molecule is C=C(CNCCC(c1ccc(C(N)=O)cc1)(c1ccc(C(N)=O)cc1)c1nn[nH]n1)N1[C@H]2[C@@H](C)[C@H]2C[C@H]1C#N. The van der Waals surface area contributed by atoms with E-state index < -0.39 is 17.2 Å². The highest BCUT2D eigenvalue weighted by Gasteiger charge is 2.58. The Bertz CT molecular complexity index is 1350. The normalized spacial score (nSPS) is 21.7. The van der Waals surface area contributed by atoms with Crippen molar-refractivity contribution in [3.63, 3.8) is 0 Å². The first-order chi connectivity index (χ1) is 18.8. The van der Waals surface area contributed by atoms with Crippen LogP contribution in [0.2, 0.25) is 0 Å². The molecule has 11 heteroatoms. The maximum atomic E-state index is 11.7. The second-order valence-corrected chi connectivity index (χ2v) is 10.3. The topological polar surface area (TPSA) is 180 Å². The van der Waals surface area contributed by atoms with Crippen molar-refractivity contribution in [1.82, 2.24) is 30.8 Å². The van der Waals surface area contributed by atoms with Gasteiger partial charge in [0.15, 0.2) is 5.82 Å². The minimum Gasteiger partial charge on any atom is -0.366 e. The Morgan fingerprint density at radius 2 is 1.72 bits per heavy atom. The van der Waals surface area contributed by atoms with Gasteiger partial charge in [-0.15, -0.1) is 10.2 Å². The molecule has 2 amide bonds. The number of fused-ring (bicyclic) bond motifs is 1. The van der Waals surface area contributed by atoms with Gasteiger partial charge in [0, 0.05) is 29.4 Å². The average molecular weight is 526 g/mol. The van der Waals surface area contributed by atoms with E-state index in [1.54, 1.807) is 24.3 Å². The number of hydrogen-bond acceptors (Lipinski definition) is 8. The molecule has 5 rings (SSSR count). The van der Waals surface area contributed by atoms with E-state index in [0.717, 1.165) is 23.2 Å². The van der Waals surface area contributed by atoms with Crippen molar-refractivity contribution in [3.05, 3.63) is 88.9 Å². The lowest BCUT2D eigenvalue weighted by molar-refractivity contribution is 0.0992. The Balaban J connectivity index is 1.43. The van der Waals surface area contributed by atoms with Gasteiger partial charge in [-0.2, -0.15) is 10.5 Å². The smallest absolute Gasteiger partial charge is 0.248 e. The molecule has 1 aliphatic carbocycles. The van der Waals surface area contributed by atoms with Gasteiger partial charge < -0.3 is 21.7 Å². The van der Waals surface area contributed by atoms with Crippen LogP contribution in [0.25, 0.3) is 0 Å². The van der Waals surface area contributed by atoms with Crippen LogP contribution in [-0.2, 0) is 5.41 Å². The van der Waals surface area contributed by atoms with E-state index in [4.69, 9.17) is 11.5 Å². The first-order valence-corrected chi connectivity index (χ1v) is 12.9. The number of hydrogen-bond donors (Lipinski definition) is 4. The summed E-state index contributed by atoms with van der Waals surface area (Å²) in [4.78, 5) is 25.6. The average Bonchev–Trinajstić information content (AvgIpc) is 3.32.